The average Bonchev–Trinajstić information content (AvgIpc) is 3.01. The summed E-state index contributed by atoms with van der Waals surface area (Å²) in [5.74, 6) is -3.05. The number of carbonyl (C=O) groups is 1. The molecule has 0 saturated carbocycles. The van der Waals surface area contributed by atoms with E-state index in [4.69, 9.17) is 15.9 Å². The van der Waals surface area contributed by atoms with Gasteiger partial charge in [-0.2, -0.15) is 4.98 Å². The quantitative estimate of drug-likeness (QED) is 0.822. The molecule has 24 heavy (non-hydrogen) atoms. The molecule has 1 aromatic heterocycles. The van der Waals surface area contributed by atoms with Gasteiger partial charge < -0.3 is 20.8 Å². The van der Waals surface area contributed by atoms with Crippen molar-refractivity contribution in [1.82, 2.24) is 9.88 Å². The van der Waals surface area contributed by atoms with E-state index in [1.807, 2.05) is 0 Å². The lowest BCUT2D eigenvalue weighted by molar-refractivity contribution is -0.132. The molecule has 0 saturated heterocycles. The van der Waals surface area contributed by atoms with E-state index in [0.717, 1.165) is 6.07 Å². The molecule has 0 fully saturated rings. The third kappa shape index (κ3) is 3.21. The van der Waals surface area contributed by atoms with Crippen LogP contribution in [-0.4, -0.2) is 21.8 Å². The van der Waals surface area contributed by atoms with Crippen molar-refractivity contribution in [2.45, 2.75) is 32.0 Å². The highest BCUT2D eigenvalue weighted by Crippen LogP contribution is 2.25. The van der Waals surface area contributed by atoms with Crippen molar-refractivity contribution >= 4 is 11.9 Å². The molecule has 1 atom stereocenters. The third-order valence-electron chi connectivity index (χ3n) is 3.83. The van der Waals surface area contributed by atoms with Gasteiger partial charge in [-0.3, -0.25) is 4.79 Å². The number of nitrogen functional groups attached to an aromatic ring is 1. The van der Waals surface area contributed by atoms with E-state index < -0.39 is 23.5 Å². The van der Waals surface area contributed by atoms with Crippen LogP contribution in [0.3, 0.4) is 0 Å². The Balaban J connectivity index is 1.59. The highest BCUT2D eigenvalue weighted by atomic mass is 19.2. The van der Waals surface area contributed by atoms with Crippen LogP contribution in [0.5, 0.6) is 0 Å². The first-order valence-electron chi connectivity index (χ1n) is 7.24. The lowest BCUT2D eigenvalue weighted by Gasteiger charge is -2.18. The molecule has 0 radical (unpaired) electrons. The van der Waals surface area contributed by atoms with E-state index >= 15 is 0 Å². The Hall–Kier alpha value is -2.55. The van der Waals surface area contributed by atoms with E-state index in [9.17, 15) is 18.0 Å². The van der Waals surface area contributed by atoms with Gasteiger partial charge in [0.15, 0.2) is 17.4 Å². The standard InChI is InChI=1S/C15H15F3N4O2/c16-9-4-11(18)10(17)2-7(9)1-8(19)3-14(23)22-5-12-13(6-22)24-15(20)21-12/h2,4,8H,1,3,5-6,19H2,(H2,20,21)/t8-/m1/s1. The molecule has 1 amide bonds. The predicted octanol–water partition coefficient (Wildman–Crippen LogP) is 1.48. The smallest absolute Gasteiger partial charge is 0.292 e. The second-order valence-corrected chi connectivity index (χ2v) is 5.70. The first-order chi connectivity index (χ1) is 11.3. The van der Waals surface area contributed by atoms with E-state index in [2.05, 4.69) is 4.98 Å². The number of anilines is 1. The molecule has 0 unspecified atom stereocenters. The lowest BCUT2D eigenvalue weighted by atomic mass is 10.0. The molecule has 0 bridgehead atoms. The van der Waals surface area contributed by atoms with E-state index in [1.165, 1.54) is 4.90 Å². The molecule has 2 aromatic rings. The monoisotopic (exact) mass is 340 g/mol. The van der Waals surface area contributed by atoms with Gasteiger partial charge >= 0.3 is 0 Å². The second-order valence-electron chi connectivity index (χ2n) is 5.70. The molecule has 9 heteroatoms. The number of nitrogens with two attached hydrogens (primary N) is 2. The minimum absolute atomic E-state index is 0.0533. The molecule has 6 nitrogen and oxygen atoms in total. The second kappa shape index (κ2) is 6.16. The Kier molecular flexibility index (Phi) is 4.18. The number of amides is 1. The number of aromatic nitrogens is 1. The molecule has 1 aliphatic heterocycles. The average molecular weight is 340 g/mol. The lowest BCUT2D eigenvalue weighted by Crippen LogP contribution is -2.34. The van der Waals surface area contributed by atoms with Crippen LogP contribution in [0.25, 0.3) is 0 Å². The zero-order valence-electron chi connectivity index (χ0n) is 12.6. The van der Waals surface area contributed by atoms with Gasteiger partial charge in [0, 0.05) is 18.5 Å². The van der Waals surface area contributed by atoms with E-state index in [0.29, 0.717) is 17.5 Å². The van der Waals surface area contributed by atoms with Crippen molar-refractivity contribution < 1.29 is 22.4 Å². The number of carbonyl (C=O) groups excluding carboxylic acids is 1. The Morgan fingerprint density at radius 1 is 1.25 bits per heavy atom. The van der Waals surface area contributed by atoms with Crippen LogP contribution in [0.1, 0.15) is 23.4 Å². The summed E-state index contributed by atoms with van der Waals surface area (Å²) in [5, 5.41) is 0. The fraction of sp³-hybridized carbons (Fsp3) is 0.333. The summed E-state index contributed by atoms with van der Waals surface area (Å²) in [6, 6.07) is 0.541. The molecular formula is C15H15F3N4O2. The number of hydrogen-bond acceptors (Lipinski definition) is 5. The van der Waals surface area contributed by atoms with Gasteiger partial charge in [0.25, 0.3) is 6.01 Å². The molecule has 4 N–H and O–H groups in total. The largest absolute Gasteiger partial charge is 0.427 e. The van der Waals surface area contributed by atoms with Crippen LogP contribution in [0, 0.1) is 17.5 Å². The van der Waals surface area contributed by atoms with Gasteiger partial charge in [-0.25, -0.2) is 13.2 Å². The van der Waals surface area contributed by atoms with Crippen molar-refractivity contribution in [1.29, 1.82) is 0 Å². The van der Waals surface area contributed by atoms with Crippen molar-refractivity contribution in [3.8, 4) is 0 Å². The zero-order chi connectivity index (χ0) is 17.4. The number of oxazole rings is 1. The SMILES string of the molecule is Nc1nc2c(o1)CN(C(=O)C[C@H](N)Cc1cc(F)c(F)cc1F)C2. The highest BCUT2D eigenvalue weighted by molar-refractivity contribution is 5.77. The van der Waals surface area contributed by atoms with Gasteiger partial charge in [0.05, 0.1) is 13.1 Å². The normalized spacial score (nSPS) is 14.8. The first-order valence-corrected chi connectivity index (χ1v) is 7.24. The summed E-state index contributed by atoms with van der Waals surface area (Å²) in [5.41, 5.74) is 11.8. The van der Waals surface area contributed by atoms with Crippen LogP contribution >= 0.6 is 0 Å². The number of benzene rings is 1. The van der Waals surface area contributed by atoms with Gasteiger partial charge in [0.1, 0.15) is 11.5 Å². The Morgan fingerprint density at radius 2 is 1.96 bits per heavy atom. The number of halogens is 3. The van der Waals surface area contributed by atoms with Gasteiger partial charge in [0.2, 0.25) is 5.91 Å². The molecule has 0 aliphatic carbocycles. The van der Waals surface area contributed by atoms with Crippen LogP contribution in [0.15, 0.2) is 16.5 Å². The number of nitrogens with zero attached hydrogens (tertiary/aromatic N) is 2. The maximum atomic E-state index is 13.6. The molecule has 0 spiro atoms. The highest BCUT2D eigenvalue weighted by Gasteiger charge is 2.29. The number of rotatable bonds is 4. The summed E-state index contributed by atoms with van der Waals surface area (Å²) >= 11 is 0. The molecule has 128 valence electrons. The van der Waals surface area contributed by atoms with Crippen molar-refractivity contribution in [3.05, 3.63) is 46.6 Å². The molecule has 1 aliphatic rings. The van der Waals surface area contributed by atoms with Crippen molar-refractivity contribution in [2.75, 3.05) is 5.73 Å². The number of hydrogen-bond donors (Lipinski definition) is 2. The number of fused-ring (bicyclic) bond motifs is 1. The maximum Gasteiger partial charge on any atom is 0.292 e. The summed E-state index contributed by atoms with van der Waals surface area (Å²) in [4.78, 5) is 17.7. The molecule has 1 aromatic carbocycles. The minimum atomic E-state index is -1.27. The third-order valence-corrected chi connectivity index (χ3v) is 3.83. The van der Waals surface area contributed by atoms with E-state index in [-0.39, 0.29) is 43.4 Å². The summed E-state index contributed by atoms with van der Waals surface area (Å²) < 4.78 is 44.9. The summed E-state index contributed by atoms with van der Waals surface area (Å²) in [7, 11) is 0. The Bertz CT molecular complexity index is 770. The van der Waals surface area contributed by atoms with Crippen molar-refractivity contribution in [3.63, 3.8) is 0 Å². The Labute approximate surface area is 135 Å². The molecule has 2 heterocycles. The predicted molar refractivity (Wildman–Crippen MR) is 77.8 cm³/mol. The molecular weight excluding hydrogens is 325 g/mol. The van der Waals surface area contributed by atoms with Crippen LogP contribution in [0.2, 0.25) is 0 Å². The Morgan fingerprint density at radius 3 is 2.67 bits per heavy atom. The van der Waals surface area contributed by atoms with Gasteiger partial charge in [-0.05, 0) is 18.1 Å². The maximum absolute atomic E-state index is 13.6. The van der Waals surface area contributed by atoms with Gasteiger partial charge in [-0.15, -0.1) is 0 Å². The van der Waals surface area contributed by atoms with Crippen LogP contribution in [0.4, 0.5) is 19.2 Å². The fourth-order valence-corrected chi connectivity index (χ4v) is 2.66. The van der Waals surface area contributed by atoms with E-state index in [1.54, 1.807) is 0 Å². The van der Waals surface area contributed by atoms with Gasteiger partial charge in [-0.1, -0.05) is 0 Å². The van der Waals surface area contributed by atoms with Crippen LogP contribution in [-0.2, 0) is 24.3 Å². The molecule has 3 rings (SSSR count). The summed E-state index contributed by atoms with van der Waals surface area (Å²) in [6.07, 6.45) is -0.157. The topological polar surface area (TPSA) is 98.4 Å². The van der Waals surface area contributed by atoms with Crippen molar-refractivity contribution in [2.24, 2.45) is 5.73 Å². The fourth-order valence-electron chi connectivity index (χ4n) is 2.66. The zero-order valence-corrected chi connectivity index (χ0v) is 12.6. The first kappa shape index (κ1) is 16.3. The minimum Gasteiger partial charge on any atom is -0.427 e. The summed E-state index contributed by atoms with van der Waals surface area (Å²) in [6.45, 7) is 0.506. The van der Waals surface area contributed by atoms with Crippen LogP contribution < -0.4 is 11.5 Å².